The van der Waals surface area contributed by atoms with E-state index >= 15 is 0 Å². The van der Waals surface area contributed by atoms with E-state index in [1.165, 1.54) is 18.4 Å². The van der Waals surface area contributed by atoms with Gasteiger partial charge in [0.1, 0.15) is 11.5 Å². The van der Waals surface area contributed by atoms with Crippen LogP contribution in [0.1, 0.15) is 38.3 Å². The van der Waals surface area contributed by atoms with Gasteiger partial charge in [0.2, 0.25) is 0 Å². The number of hydrogen-bond acceptors (Lipinski definition) is 4. The van der Waals surface area contributed by atoms with Gasteiger partial charge in [0, 0.05) is 43.9 Å². The molecule has 0 spiro atoms. The number of methoxy groups -OCH3 is 2. The van der Waals surface area contributed by atoms with Crippen molar-refractivity contribution in [3.63, 3.8) is 0 Å². The molecule has 124 valence electrons. The zero-order valence-electron chi connectivity index (χ0n) is 14.4. The third-order valence-corrected chi connectivity index (χ3v) is 4.41. The molecule has 1 aliphatic heterocycles. The minimum atomic E-state index is 0.422. The molecule has 1 aliphatic rings. The molecular weight excluding hydrogens is 276 g/mol. The molecule has 0 amide bonds. The lowest BCUT2D eigenvalue weighted by molar-refractivity contribution is 0.157. The summed E-state index contributed by atoms with van der Waals surface area (Å²) < 4.78 is 11.0. The highest BCUT2D eigenvalue weighted by atomic mass is 16.5. The number of nitrogens with one attached hydrogen (secondary N) is 1. The predicted octanol–water partition coefficient (Wildman–Crippen LogP) is 3.09. The molecular formula is C18H30N2O2. The Morgan fingerprint density at radius 2 is 1.82 bits per heavy atom. The third-order valence-electron chi connectivity index (χ3n) is 4.41. The summed E-state index contributed by atoms with van der Waals surface area (Å²) in [6, 6.07) is 6.64. The van der Waals surface area contributed by atoms with Crippen LogP contribution in [0, 0.1) is 5.92 Å². The molecule has 0 aromatic heterocycles. The molecule has 4 nitrogen and oxygen atoms in total. The first-order valence-electron chi connectivity index (χ1n) is 8.32. The molecule has 0 unspecified atom stereocenters. The van der Waals surface area contributed by atoms with Gasteiger partial charge in [-0.15, -0.1) is 0 Å². The normalized spacial score (nSPS) is 17.5. The van der Waals surface area contributed by atoms with Gasteiger partial charge >= 0.3 is 0 Å². The first kappa shape index (κ1) is 17.1. The van der Waals surface area contributed by atoms with E-state index in [-0.39, 0.29) is 0 Å². The Hall–Kier alpha value is -1.26. The summed E-state index contributed by atoms with van der Waals surface area (Å²) in [5.41, 5.74) is 1.28. The Morgan fingerprint density at radius 3 is 2.41 bits per heavy atom. The van der Waals surface area contributed by atoms with Gasteiger partial charge in [-0.1, -0.05) is 19.9 Å². The van der Waals surface area contributed by atoms with Gasteiger partial charge in [-0.25, -0.2) is 0 Å². The van der Waals surface area contributed by atoms with Crippen molar-refractivity contribution in [2.45, 2.75) is 32.7 Å². The van der Waals surface area contributed by atoms with Crippen molar-refractivity contribution in [1.29, 1.82) is 0 Å². The molecule has 0 bridgehead atoms. The Kier molecular flexibility index (Phi) is 6.52. The van der Waals surface area contributed by atoms with Crippen LogP contribution in [-0.2, 0) is 0 Å². The number of rotatable bonds is 7. The van der Waals surface area contributed by atoms with Crippen molar-refractivity contribution >= 4 is 0 Å². The first-order valence-corrected chi connectivity index (χ1v) is 8.32. The molecule has 22 heavy (non-hydrogen) atoms. The fraction of sp³-hybridized carbons (Fsp3) is 0.667. The molecule has 2 rings (SSSR count). The number of nitrogens with zero attached hydrogens (tertiary/aromatic N) is 1. The van der Waals surface area contributed by atoms with E-state index in [2.05, 4.69) is 30.1 Å². The van der Waals surface area contributed by atoms with Crippen LogP contribution in [-0.4, -0.2) is 45.3 Å². The number of hydrogen-bond donors (Lipinski definition) is 1. The highest BCUT2D eigenvalue weighted by Crippen LogP contribution is 2.36. The van der Waals surface area contributed by atoms with Crippen LogP contribution >= 0.6 is 0 Å². The molecule has 1 N–H and O–H groups in total. The van der Waals surface area contributed by atoms with Gasteiger partial charge in [-0.2, -0.15) is 0 Å². The topological polar surface area (TPSA) is 33.7 Å². The SMILES string of the molecule is COc1ccc([C@H](CCC(C)C)N2CCNCC2)c(OC)c1. The average Bonchev–Trinajstić information content (AvgIpc) is 2.56. The summed E-state index contributed by atoms with van der Waals surface area (Å²) in [5, 5.41) is 3.44. The van der Waals surface area contributed by atoms with Gasteiger partial charge in [-0.05, 0) is 24.8 Å². The lowest BCUT2D eigenvalue weighted by Crippen LogP contribution is -2.45. The lowest BCUT2D eigenvalue weighted by atomic mass is 9.95. The third kappa shape index (κ3) is 4.37. The van der Waals surface area contributed by atoms with E-state index in [9.17, 15) is 0 Å². The highest BCUT2D eigenvalue weighted by Gasteiger charge is 2.25. The van der Waals surface area contributed by atoms with Gasteiger partial charge in [-0.3, -0.25) is 4.90 Å². The summed E-state index contributed by atoms with van der Waals surface area (Å²) in [5.74, 6) is 2.50. The number of benzene rings is 1. The molecule has 0 radical (unpaired) electrons. The molecule has 1 heterocycles. The molecule has 1 saturated heterocycles. The van der Waals surface area contributed by atoms with E-state index in [1.54, 1.807) is 14.2 Å². The monoisotopic (exact) mass is 306 g/mol. The van der Waals surface area contributed by atoms with Crippen LogP contribution in [0.5, 0.6) is 11.5 Å². The zero-order chi connectivity index (χ0) is 15.9. The van der Waals surface area contributed by atoms with Crippen LogP contribution in [0.2, 0.25) is 0 Å². The van der Waals surface area contributed by atoms with E-state index in [0.29, 0.717) is 6.04 Å². The first-order chi connectivity index (χ1) is 10.7. The maximum Gasteiger partial charge on any atom is 0.127 e. The lowest BCUT2D eigenvalue weighted by Gasteiger charge is -2.36. The predicted molar refractivity (Wildman–Crippen MR) is 90.8 cm³/mol. The maximum absolute atomic E-state index is 5.64. The van der Waals surface area contributed by atoms with Crippen LogP contribution in [0.25, 0.3) is 0 Å². The summed E-state index contributed by atoms with van der Waals surface area (Å²) in [4.78, 5) is 2.59. The number of piperazine rings is 1. The van der Waals surface area contributed by atoms with E-state index in [4.69, 9.17) is 9.47 Å². The standard InChI is InChI=1S/C18H30N2O2/c1-14(2)5-8-17(20-11-9-19-10-12-20)16-7-6-15(21-3)13-18(16)22-4/h6-7,13-14,17,19H,5,8-12H2,1-4H3/t17-/m0/s1. The molecule has 0 saturated carbocycles. The van der Waals surface area contributed by atoms with E-state index < -0.39 is 0 Å². The summed E-state index contributed by atoms with van der Waals surface area (Å²) in [6.45, 7) is 8.91. The van der Waals surface area contributed by atoms with Crippen LogP contribution in [0.15, 0.2) is 18.2 Å². The second kappa shape index (κ2) is 8.39. The van der Waals surface area contributed by atoms with Crippen molar-refractivity contribution < 1.29 is 9.47 Å². The van der Waals surface area contributed by atoms with Crippen molar-refractivity contribution in [2.75, 3.05) is 40.4 Å². The molecule has 1 fully saturated rings. The zero-order valence-corrected chi connectivity index (χ0v) is 14.4. The Labute approximate surface area is 134 Å². The summed E-state index contributed by atoms with van der Waals surface area (Å²) in [7, 11) is 3.44. The second-order valence-corrected chi connectivity index (χ2v) is 6.38. The molecule has 0 aliphatic carbocycles. The van der Waals surface area contributed by atoms with E-state index in [0.717, 1.165) is 43.6 Å². The van der Waals surface area contributed by atoms with Gasteiger partial charge < -0.3 is 14.8 Å². The fourth-order valence-electron chi connectivity index (χ4n) is 3.11. The van der Waals surface area contributed by atoms with Gasteiger partial charge in [0.25, 0.3) is 0 Å². The van der Waals surface area contributed by atoms with Crippen LogP contribution < -0.4 is 14.8 Å². The summed E-state index contributed by atoms with van der Waals surface area (Å²) >= 11 is 0. The largest absolute Gasteiger partial charge is 0.497 e. The summed E-state index contributed by atoms with van der Waals surface area (Å²) in [6.07, 6.45) is 2.39. The van der Waals surface area contributed by atoms with Crippen LogP contribution in [0.4, 0.5) is 0 Å². The molecule has 1 aromatic rings. The quantitative estimate of drug-likeness (QED) is 0.839. The second-order valence-electron chi connectivity index (χ2n) is 6.38. The maximum atomic E-state index is 5.64. The van der Waals surface area contributed by atoms with Crippen molar-refractivity contribution in [1.82, 2.24) is 10.2 Å². The number of ether oxygens (including phenoxy) is 2. The smallest absolute Gasteiger partial charge is 0.127 e. The van der Waals surface area contributed by atoms with Crippen molar-refractivity contribution in [3.8, 4) is 11.5 Å². The Balaban J connectivity index is 2.26. The van der Waals surface area contributed by atoms with Gasteiger partial charge in [0.05, 0.1) is 14.2 Å². The molecule has 1 aromatic carbocycles. The minimum absolute atomic E-state index is 0.422. The minimum Gasteiger partial charge on any atom is -0.497 e. The highest BCUT2D eigenvalue weighted by molar-refractivity contribution is 5.42. The Morgan fingerprint density at radius 1 is 1.09 bits per heavy atom. The van der Waals surface area contributed by atoms with Gasteiger partial charge in [0.15, 0.2) is 0 Å². The van der Waals surface area contributed by atoms with E-state index in [1.807, 2.05) is 12.1 Å². The Bertz CT molecular complexity index is 456. The average molecular weight is 306 g/mol. The van der Waals surface area contributed by atoms with Crippen LogP contribution in [0.3, 0.4) is 0 Å². The van der Waals surface area contributed by atoms with Crippen molar-refractivity contribution in [2.24, 2.45) is 5.92 Å². The molecule has 4 heteroatoms. The molecule has 1 atom stereocenters. The fourth-order valence-corrected chi connectivity index (χ4v) is 3.11. The van der Waals surface area contributed by atoms with Crippen molar-refractivity contribution in [3.05, 3.63) is 23.8 Å².